The molecule has 2 aromatic carbocycles. The Morgan fingerprint density at radius 3 is 2.23 bits per heavy atom. The molecule has 244 valence electrons. The lowest BCUT2D eigenvalue weighted by Crippen LogP contribution is -2.54. The Morgan fingerprint density at radius 1 is 0.977 bits per heavy atom. The van der Waals surface area contributed by atoms with E-state index < -0.39 is 30.1 Å². The summed E-state index contributed by atoms with van der Waals surface area (Å²) >= 11 is 0. The topological polar surface area (TPSA) is 95.5 Å². The van der Waals surface area contributed by atoms with Crippen LogP contribution in [0.15, 0.2) is 72.8 Å². The number of ether oxygens (including phenoxy) is 5. The molecule has 0 aromatic heterocycles. The summed E-state index contributed by atoms with van der Waals surface area (Å²) in [6.07, 6.45) is 3.60. The summed E-state index contributed by atoms with van der Waals surface area (Å²) in [6, 6.07) is 19.3. The summed E-state index contributed by atoms with van der Waals surface area (Å²) in [5.41, 5.74) is 1.47. The Morgan fingerprint density at radius 2 is 1.61 bits per heavy atom. The van der Waals surface area contributed by atoms with E-state index in [-0.39, 0.29) is 30.7 Å². The first kappa shape index (κ1) is 35.7. The Labute approximate surface area is 264 Å². The zero-order valence-corrected chi connectivity index (χ0v) is 27.3. The van der Waals surface area contributed by atoms with Crippen molar-refractivity contribution in [1.82, 2.24) is 5.32 Å². The van der Waals surface area contributed by atoms with E-state index >= 15 is 0 Å². The molecule has 44 heavy (non-hydrogen) atoms. The number of rotatable bonds is 16. The lowest BCUT2D eigenvalue weighted by atomic mass is 9.83. The molecule has 0 radical (unpaired) electrons. The van der Waals surface area contributed by atoms with Crippen LogP contribution in [-0.2, 0) is 36.9 Å². The molecule has 2 aromatic rings. The fourth-order valence-corrected chi connectivity index (χ4v) is 5.02. The molecule has 2 N–H and O–H groups in total. The summed E-state index contributed by atoms with van der Waals surface area (Å²) in [7, 11) is 0. The summed E-state index contributed by atoms with van der Waals surface area (Å²) in [5, 5.41) is 13.8. The average Bonchev–Trinajstić information content (AvgIpc) is 2.99. The third-order valence-corrected chi connectivity index (χ3v) is 7.80. The van der Waals surface area contributed by atoms with Crippen LogP contribution in [0.2, 0.25) is 0 Å². The highest BCUT2D eigenvalue weighted by Gasteiger charge is 2.43. The van der Waals surface area contributed by atoms with Gasteiger partial charge in [0.1, 0.15) is 11.7 Å². The molecule has 0 bridgehead atoms. The Kier molecular flexibility index (Phi) is 14.8. The van der Waals surface area contributed by atoms with Crippen LogP contribution in [0.4, 0.5) is 4.79 Å². The zero-order valence-electron chi connectivity index (χ0n) is 27.3. The van der Waals surface area contributed by atoms with E-state index in [1.807, 2.05) is 66.7 Å². The maximum Gasteiger partial charge on any atom is 0.408 e. The third kappa shape index (κ3) is 12.3. The maximum absolute atomic E-state index is 12.7. The predicted octanol–water partition coefficient (Wildman–Crippen LogP) is 6.80. The number of nitrogens with one attached hydrogen (secondary N) is 1. The van der Waals surface area contributed by atoms with Crippen molar-refractivity contribution in [1.29, 1.82) is 0 Å². The van der Waals surface area contributed by atoms with Crippen LogP contribution < -0.4 is 5.32 Å². The Bertz CT molecular complexity index is 1100. The highest BCUT2D eigenvalue weighted by atomic mass is 16.7. The molecule has 1 aliphatic rings. The number of carbonyl (C=O) groups excluding carboxylic acids is 1. The molecule has 0 aliphatic carbocycles. The van der Waals surface area contributed by atoms with Crippen LogP contribution >= 0.6 is 0 Å². The molecule has 2 unspecified atom stereocenters. The second-order valence-corrected chi connectivity index (χ2v) is 12.7. The van der Waals surface area contributed by atoms with Crippen molar-refractivity contribution in [2.75, 3.05) is 13.2 Å². The van der Waals surface area contributed by atoms with Gasteiger partial charge in [-0.15, -0.1) is 0 Å². The average molecular weight is 612 g/mol. The van der Waals surface area contributed by atoms with Crippen molar-refractivity contribution in [3.05, 3.63) is 83.9 Å². The maximum atomic E-state index is 12.7. The molecule has 8 heteroatoms. The SMILES string of the molecule is CCCC/C=C/[C@@H](O)[C@H](CO[C@@H]1OC(COCc2ccccc2)[C@H](C)[C@H](C)C1OCc1ccccc1)NC(=O)OC(C)(C)C. The van der Waals surface area contributed by atoms with E-state index in [2.05, 4.69) is 26.1 Å². The Balaban J connectivity index is 1.74. The monoisotopic (exact) mass is 611 g/mol. The number of unbranched alkanes of at least 4 members (excludes halogenated alkanes) is 2. The number of amides is 1. The van der Waals surface area contributed by atoms with E-state index in [4.69, 9.17) is 23.7 Å². The number of allylic oxidation sites excluding steroid dienone is 1. The molecule has 1 saturated heterocycles. The number of aliphatic hydroxyl groups is 1. The van der Waals surface area contributed by atoms with Crippen molar-refractivity contribution in [2.45, 2.75) is 110 Å². The van der Waals surface area contributed by atoms with Crippen LogP contribution in [0.5, 0.6) is 0 Å². The van der Waals surface area contributed by atoms with E-state index in [1.165, 1.54) is 0 Å². The molecule has 3 rings (SSSR count). The molecule has 1 fully saturated rings. The lowest BCUT2D eigenvalue weighted by molar-refractivity contribution is -0.291. The molecule has 7 atom stereocenters. The van der Waals surface area contributed by atoms with Crippen LogP contribution in [0.1, 0.15) is 71.9 Å². The van der Waals surface area contributed by atoms with Crippen LogP contribution in [0.3, 0.4) is 0 Å². The van der Waals surface area contributed by atoms with Crippen LogP contribution in [0.25, 0.3) is 0 Å². The van der Waals surface area contributed by atoms with Crippen molar-refractivity contribution < 1.29 is 33.6 Å². The summed E-state index contributed by atoms with van der Waals surface area (Å²) in [5.74, 6) is 0.216. The molecule has 1 aliphatic heterocycles. The Hall–Kier alpha value is -2.75. The van der Waals surface area contributed by atoms with Gasteiger partial charge in [0.15, 0.2) is 6.29 Å². The summed E-state index contributed by atoms with van der Waals surface area (Å²) in [6.45, 7) is 13.1. The molecule has 1 heterocycles. The van der Waals surface area contributed by atoms with Crippen molar-refractivity contribution in [3.8, 4) is 0 Å². The minimum Gasteiger partial charge on any atom is -0.444 e. The van der Waals surface area contributed by atoms with Crippen LogP contribution in [0, 0.1) is 11.8 Å². The first-order valence-corrected chi connectivity index (χ1v) is 16.0. The number of benzene rings is 2. The zero-order chi connectivity index (χ0) is 32.0. The quantitative estimate of drug-likeness (QED) is 0.159. The normalized spacial score (nSPS) is 23.8. The van der Waals surface area contributed by atoms with Gasteiger partial charge in [0.05, 0.1) is 44.7 Å². The fourth-order valence-electron chi connectivity index (χ4n) is 5.02. The van der Waals surface area contributed by atoms with E-state index in [0.717, 1.165) is 30.4 Å². The van der Waals surface area contributed by atoms with Crippen molar-refractivity contribution in [2.24, 2.45) is 11.8 Å². The molecular weight excluding hydrogens is 558 g/mol. The highest BCUT2D eigenvalue weighted by Crippen LogP contribution is 2.34. The van der Waals surface area contributed by atoms with Gasteiger partial charge in [0.2, 0.25) is 0 Å². The van der Waals surface area contributed by atoms with Gasteiger partial charge in [-0.3, -0.25) is 0 Å². The summed E-state index contributed by atoms with van der Waals surface area (Å²) < 4.78 is 30.9. The number of hydrogen-bond acceptors (Lipinski definition) is 7. The van der Waals surface area contributed by atoms with E-state index in [9.17, 15) is 9.90 Å². The molecular formula is C36H53NO7. The molecule has 0 saturated carbocycles. The number of hydrogen-bond donors (Lipinski definition) is 2. The fraction of sp³-hybridized carbons (Fsp3) is 0.583. The van der Waals surface area contributed by atoms with Gasteiger partial charge in [0, 0.05) is 0 Å². The second-order valence-electron chi connectivity index (χ2n) is 12.7. The smallest absolute Gasteiger partial charge is 0.408 e. The van der Waals surface area contributed by atoms with Gasteiger partial charge in [-0.1, -0.05) is 106 Å². The largest absolute Gasteiger partial charge is 0.444 e. The van der Waals surface area contributed by atoms with Gasteiger partial charge in [-0.2, -0.15) is 0 Å². The molecule has 0 spiro atoms. The number of alkyl carbamates (subject to hydrolysis) is 1. The van der Waals surface area contributed by atoms with Gasteiger partial charge >= 0.3 is 6.09 Å². The van der Waals surface area contributed by atoms with E-state index in [0.29, 0.717) is 19.8 Å². The first-order valence-electron chi connectivity index (χ1n) is 16.0. The first-order chi connectivity index (χ1) is 21.1. The minimum absolute atomic E-state index is 0.00686. The van der Waals surface area contributed by atoms with Crippen molar-refractivity contribution >= 4 is 6.09 Å². The third-order valence-electron chi connectivity index (χ3n) is 7.80. The summed E-state index contributed by atoms with van der Waals surface area (Å²) in [4.78, 5) is 12.7. The number of aliphatic hydroxyl groups excluding tert-OH is 1. The van der Waals surface area contributed by atoms with Crippen LogP contribution in [-0.4, -0.2) is 60.7 Å². The molecule has 1 amide bonds. The minimum atomic E-state index is -0.979. The highest BCUT2D eigenvalue weighted by molar-refractivity contribution is 5.68. The van der Waals surface area contributed by atoms with Gasteiger partial charge in [-0.25, -0.2) is 4.79 Å². The lowest BCUT2D eigenvalue weighted by Gasteiger charge is -2.44. The number of carbonyl (C=O) groups is 1. The van der Waals surface area contributed by atoms with Crippen molar-refractivity contribution in [3.63, 3.8) is 0 Å². The predicted molar refractivity (Wildman–Crippen MR) is 172 cm³/mol. The standard InChI is InChI=1S/C36H53NO7/c1-7-8-9-16-21-31(38)30(37-35(39)44-36(4,5)6)24-42-34-33(41-23-29-19-14-11-15-20-29)27(3)26(2)32(43-34)25-40-22-28-17-12-10-13-18-28/h10-21,26-27,30-34,38H,7-9,22-25H2,1-6H3,(H,37,39)/b21-16+/t26-,27+,30+,31-,32?,33?,34-/m1/s1. The van der Waals surface area contributed by atoms with E-state index in [1.54, 1.807) is 26.8 Å². The van der Waals surface area contributed by atoms with Gasteiger partial charge in [0.25, 0.3) is 0 Å². The van der Waals surface area contributed by atoms with Gasteiger partial charge < -0.3 is 34.1 Å². The van der Waals surface area contributed by atoms with Gasteiger partial charge in [-0.05, 0) is 50.2 Å². The molecule has 8 nitrogen and oxygen atoms in total. The second kappa shape index (κ2) is 18.3.